The molecule has 170 valence electrons. The first-order chi connectivity index (χ1) is 15.0. The maximum atomic E-state index is 13.5. The molecule has 3 N–H and O–H groups in total. The zero-order valence-corrected chi connectivity index (χ0v) is 19.2. The number of allylic oxidation sites excluding steroid dienone is 1. The lowest BCUT2D eigenvalue weighted by atomic mass is 9.59. The highest BCUT2D eigenvalue weighted by atomic mass is 16.2. The molecule has 4 rings (SSSR count). The minimum atomic E-state index is -0.859. The van der Waals surface area contributed by atoms with E-state index in [0.717, 1.165) is 45.4 Å². The van der Waals surface area contributed by atoms with Crippen LogP contribution in [0.2, 0.25) is 0 Å². The number of rotatable bonds is 2. The monoisotopic (exact) mass is 427 g/mol. The highest BCUT2D eigenvalue weighted by Crippen LogP contribution is 2.47. The number of hydrogen-bond donors (Lipinski definition) is 2. The van der Waals surface area contributed by atoms with E-state index in [2.05, 4.69) is 22.1 Å². The molecule has 2 unspecified atom stereocenters. The molecule has 0 aromatic carbocycles. The number of nitrogens with one attached hydrogen (secondary N) is 1. The first kappa shape index (κ1) is 23.4. The Morgan fingerprint density at radius 1 is 1.19 bits per heavy atom. The fourth-order valence-electron chi connectivity index (χ4n) is 5.12. The average Bonchev–Trinajstić information content (AvgIpc) is 3.09. The van der Waals surface area contributed by atoms with E-state index in [1.54, 1.807) is 12.3 Å². The van der Waals surface area contributed by atoms with Gasteiger partial charge >= 0.3 is 0 Å². The summed E-state index contributed by atoms with van der Waals surface area (Å²) in [5.74, 6) is 0.943. The quantitative estimate of drug-likeness (QED) is 0.552. The van der Waals surface area contributed by atoms with Crippen molar-refractivity contribution in [3.05, 3.63) is 23.5 Å². The first-order valence-electron chi connectivity index (χ1n) is 11.9. The van der Waals surface area contributed by atoms with Crippen molar-refractivity contribution in [1.82, 2.24) is 15.3 Å². The molecule has 31 heavy (non-hydrogen) atoms. The Bertz CT molecular complexity index is 829. The molecule has 3 fully saturated rings. The normalized spacial score (nSPS) is 28.6. The Morgan fingerprint density at radius 2 is 2.00 bits per heavy atom. The maximum absolute atomic E-state index is 13.5. The van der Waals surface area contributed by atoms with E-state index >= 15 is 0 Å². The SMILES string of the molecule is CC.CC1C/C(=C(/N)c2ccnc(N3CCCNCC3)n2)C(=O)C2(CCCCC2=O)C1. The van der Waals surface area contributed by atoms with Crippen molar-refractivity contribution in [2.24, 2.45) is 17.1 Å². The van der Waals surface area contributed by atoms with Crippen LogP contribution >= 0.6 is 0 Å². The molecule has 2 saturated carbocycles. The number of aromatic nitrogens is 2. The molecular formula is C24H37N5O2. The fraction of sp³-hybridized carbons (Fsp3) is 0.667. The number of nitrogens with two attached hydrogens (primary N) is 1. The summed E-state index contributed by atoms with van der Waals surface area (Å²) in [6, 6.07) is 1.77. The van der Waals surface area contributed by atoms with E-state index in [9.17, 15) is 9.59 Å². The van der Waals surface area contributed by atoms with Gasteiger partial charge in [-0.3, -0.25) is 9.59 Å². The second-order valence-electron chi connectivity index (χ2n) is 8.78. The van der Waals surface area contributed by atoms with E-state index in [0.29, 0.717) is 48.6 Å². The highest BCUT2D eigenvalue weighted by Gasteiger charge is 2.51. The van der Waals surface area contributed by atoms with Crippen LogP contribution in [0.4, 0.5) is 5.95 Å². The van der Waals surface area contributed by atoms with Gasteiger partial charge in [-0.1, -0.05) is 27.2 Å². The molecule has 1 saturated heterocycles. The number of anilines is 1. The van der Waals surface area contributed by atoms with E-state index in [1.807, 2.05) is 13.8 Å². The molecule has 2 aliphatic carbocycles. The Labute approximate surface area is 185 Å². The molecule has 0 bridgehead atoms. The van der Waals surface area contributed by atoms with Gasteiger partial charge in [-0.15, -0.1) is 0 Å². The third kappa shape index (κ3) is 4.81. The van der Waals surface area contributed by atoms with Crippen molar-refractivity contribution >= 4 is 23.2 Å². The Morgan fingerprint density at radius 3 is 2.77 bits per heavy atom. The summed E-state index contributed by atoms with van der Waals surface area (Å²) in [5.41, 5.74) is 7.24. The van der Waals surface area contributed by atoms with Crippen LogP contribution in [-0.4, -0.2) is 47.7 Å². The van der Waals surface area contributed by atoms with Gasteiger partial charge in [-0.25, -0.2) is 9.97 Å². The molecule has 7 nitrogen and oxygen atoms in total. The van der Waals surface area contributed by atoms with Gasteiger partial charge < -0.3 is 16.0 Å². The van der Waals surface area contributed by atoms with Gasteiger partial charge in [-0.2, -0.15) is 0 Å². The van der Waals surface area contributed by atoms with Gasteiger partial charge in [0.25, 0.3) is 0 Å². The molecule has 3 aliphatic rings. The van der Waals surface area contributed by atoms with Gasteiger partial charge in [0.05, 0.1) is 16.8 Å². The van der Waals surface area contributed by atoms with Crippen molar-refractivity contribution in [1.29, 1.82) is 0 Å². The standard InChI is InChI=1S/C22H31N5O2.C2H6/c1-15-13-16(20(29)22(14-15)7-3-2-5-18(22)28)19(23)17-6-9-25-21(26-17)27-11-4-8-24-10-12-27;1-2/h6,9,15,24H,2-5,7-8,10-14,23H2,1H3;1-2H3/b19-16-;. The molecule has 1 spiro atoms. The van der Waals surface area contributed by atoms with Gasteiger partial charge in [0, 0.05) is 37.8 Å². The van der Waals surface area contributed by atoms with Gasteiger partial charge in [0.15, 0.2) is 5.78 Å². The maximum Gasteiger partial charge on any atom is 0.225 e. The minimum Gasteiger partial charge on any atom is -0.397 e. The van der Waals surface area contributed by atoms with Crippen LogP contribution in [0.25, 0.3) is 5.70 Å². The molecule has 2 heterocycles. The second-order valence-corrected chi connectivity index (χ2v) is 8.78. The van der Waals surface area contributed by atoms with Gasteiger partial charge in [-0.05, 0) is 50.6 Å². The molecule has 1 aromatic heterocycles. The molecule has 2 atom stereocenters. The lowest BCUT2D eigenvalue weighted by Gasteiger charge is -2.41. The highest BCUT2D eigenvalue weighted by molar-refractivity contribution is 6.17. The lowest BCUT2D eigenvalue weighted by Crippen LogP contribution is -2.47. The van der Waals surface area contributed by atoms with Crippen LogP contribution in [0.15, 0.2) is 17.8 Å². The van der Waals surface area contributed by atoms with Crippen molar-refractivity contribution < 1.29 is 9.59 Å². The van der Waals surface area contributed by atoms with Crippen molar-refractivity contribution in [2.45, 2.75) is 65.7 Å². The number of carbonyl (C=O) groups excluding carboxylic acids is 2. The van der Waals surface area contributed by atoms with Gasteiger partial charge in [0.1, 0.15) is 5.78 Å². The minimum absolute atomic E-state index is 0.0584. The Kier molecular flexibility index (Phi) is 7.81. The summed E-state index contributed by atoms with van der Waals surface area (Å²) in [4.78, 5) is 37.6. The third-order valence-corrected chi connectivity index (χ3v) is 6.62. The summed E-state index contributed by atoms with van der Waals surface area (Å²) in [5, 5.41) is 3.38. The first-order valence-corrected chi connectivity index (χ1v) is 11.9. The van der Waals surface area contributed by atoms with Gasteiger partial charge in [0.2, 0.25) is 5.95 Å². The van der Waals surface area contributed by atoms with Crippen molar-refractivity contribution in [2.75, 3.05) is 31.1 Å². The van der Waals surface area contributed by atoms with Crippen molar-refractivity contribution in [3.63, 3.8) is 0 Å². The summed E-state index contributed by atoms with van der Waals surface area (Å²) in [6.45, 7) is 9.72. The second kappa shape index (κ2) is 10.4. The van der Waals surface area contributed by atoms with E-state index in [4.69, 9.17) is 10.7 Å². The van der Waals surface area contributed by atoms with E-state index in [1.165, 1.54) is 0 Å². The Hall–Kier alpha value is -2.28. The number of carbonyl (C=O) groups is 2. The van der Waals surface area contributed by atoms with Crippen LogP contribution in [0, 0.1) is 11.3 Å². The topological polar surface area (TPSA) is 101 Å². The predicted molar refractivity (Wildman–Crippen MR) is 124 cm³/mol. The number of nitrogens with zero attached hydrogens (tertiary/aromatic N) is 3. The largest absolute Gasteiger partial charge is 0.397 e. The van der Waals surface area contributed by atoms with Crippen LogP contribution in [0.3, 0.4) is 0 Å². The summed E-state index contributed by atoms with van der Waals surface area (Å²) in [6.07, 6.45) is 6.97. The number of hydrogen-bond acceptors (Lipinski definition) is 7. The van der Waals surface area contributed by atoms with E-state index in [-0.39, 0.29) is 17.5 Å². The smallest absolute Gasteiger partial charge is 0.225 e. The summed E-state index contributed by atoms with van der Waals surface area (Å²) in [7, 11) is 0. The lowest BCUT2D eigenvalue weighted by molar-refractivity contribution is -0.144. The molecule has 0 amide bonds. The molecular weight excluding hydrogens is 390 g/mol. The predicted octanol–water partition coefficient (Wildman–Crippen LogP) is 3.10. The van der Waals surface area contributed by atoms with Crippen LogP contribution in [-0.2, 0) is 9.59 Å². The third-order valence-electron chi connectivity index (χ3n) is 6.62. The molecule has 1 aromatic rings. The average molecular weight is 428 g/mol. The van der Waals surface area contributed by atoms with Crippen LogP contribution in [0.1, 0.15) is 71.4 Å². The Balaban J connectivity index is 0.00000132. The molecule has 7 heteroatoms. The van der Waals surface area contributed by atoms with Crippen LogP contribution in [0.5, 0.6) is 0 Å². The summed E-state index contributed by atoms with van der Waals surface area (Å²) >= 11 is 0. The fourth-order valence-corrected chi connectivity index (χ4v) is 5.12. The zero-order valence-electron chi connectivity index (χ0n) is 19.2. The van der Waals surface area contributed by atoms with E-state index < -0.39 is 5.41 Å². The number of ketones is 2. The molecule has 1 aliphatic heterocycles. The zero-order chi connectivity index (χ0) is 22.4. The summed E-state index contributed by atoms with van der Waals surface area (Å²) < 4.78 is 0. The van der Waals surface area contributed by atoms with Crippen LogP contribution < -0.4 is 16.0 Å². The molecule has 0 radical (unpaired) electrons. The van der Waals surface area contributed by atoms with Crippen molar-refractivity contribution in [3.8, 4) is 0 Å². The number of Topliss-reactive ketones (excluding diaryl/α,β-unsaturated/α-hetero) is 2.